The summed E-state index contributed by atoms with van der Waals surface area (Å²) >= 11 is 0. The molecule has 0 spiro atoms. The standard InChI is InChI=1S/C26H31N7O3/c1-17-20-5-7-24-21-14-18(4-6-23(21)28-29-24)22-15-27-31(2)25(22)35-12-3-13-36-26(20)33(30-17)11-10-32-9-8-19(34)16-32/h4-7,14-15,19,34H,3,8-13,16H2,1-2H3,(H,28,29)/b7-5+/t19-/m0/s1. The van der Waals surface area contributed by atoms with Crippen LogP contribution in [0.15, 0.2) is 24.4 Å². The molecule has 1 saturated heterocycles. The summed E-state index contributed by atoms with van der Waals surface area (Å²) in [6.45, 7) is 6.16. The lowest BCUT2D eigenvalue weighted by molar-refractivity contribution is 0.173. The number of aliphatic hydroxyl groups excluding tert-OH is 1. The Kier molecular flexibility index (Phi) is 5.98. The van der Waals surface area contributed by atoms with Crippen molar-refractivity contribution in [2.75, 3.05) is 32.8 Å². The zero-order valence-electron chi connectivity index (χ0n) is 20.6. The smallest absolute Gasteiger partial charge is 0.219 e. The number of nitrogens with one attached hydrogen (secondary N) is 1. The van der Waals surface area contributed by atoms with E-state index in [0.29, 0.717) is 26.3 Å². The maximum Gasteiger partial charge on any atom is 0.219 e. The van der Waals surface area contributed by atoms with Crippen LogP contribution in [0.5, 0.6) is 11.8 Å². The molecule has 4 aromatic rings. The Labute approximate surface area is 209 Å². The highest BCUT2D eigenvalue weighted by molar-refractivity contribution is 5.93. The van der Waals surface area contributed by atoms with Gasteiger partial charge in [0.05, 0.1) is 60.1 Å². The van der Waals surface area contributed by atoms with Gasteiger partial charge in [-0.05, 0) is 43.2 Å². The fourth-order valence-corrected chi connectivity index (χ4v) is 5.00. The zero-order valence-corrected chi connectivity index (χ0v) is 20.6. The van der Waals surface area contributed by atoms with Crippen LogP contribution in [-0.4, -0.2) is 78.7 Å². The molecular weight excluding hydrogens is 458 g/mol. The number of rotatable bonds is 3. The zero-order chi connectivity index (χ0) is 24.6. The van der Waals surface area contributed by atoms with Crippen LogP contribution in [0.25, 0.3) is 34.2 Å². The van der Waals surface area contributed by atoms with Crippen molar-refractivity contribution in [1.82, 2.24) is 34.7 Å². The number of β-amino-alcohol motifs (C(OH)–C–C–N with tert-alkyl or cyclic N) is 1. The maximum atomic E-state index is 9.87. The summed E-state index contributed by atoms with van der Waals surface area (Å²) in [7, 11) is 1.89. The lowest BCUT2D eigenvalue weighted by Gasteiger charge is -2.16. The average Bonchev–Trinajstić information content (AvgIpc) is 3.63. The molecule has 10 heteroatoms. The highest BCUT2D eigenvalue weighted by atomic mass is 16.5. The van der Waals surface area contributed by atoms with Crippen LogP contribution in [0.2, 0.25) is 0 Å². The van der Waals surface area contributed by atoms with Gasteiger partial charge in [-0.2, -0.15) is 15.3 Å². The first-order valence-electron chi connectivity index (χ1n) is 12.5. The molecule has 2 bridgehead atoms. The SMILES string of the molecule is Cc1nn(CCN2CC[C@H](O)C2)c2c1/C=C/c1[nH]nc3ccc(cc13)-c1cnn(C)c1OCCCO2. The van der Waals surface area contributed by atoms with Crippen LogP contribution in [0.1, 0.15) is 29.8 Å². The van der Waals surface area contributed by atoms with Crippen LogP contribution < -0.4 is 9.47 Å². The quantitative estimate of drug-likeness (QED) is 0.456. The molecule has 0 saturated carbocycles. The molecule has 0 amide bonds. The summed E-state index contributed by atoms with van der Waals surface area (Å²) in [6.07, 6.45) is 7.25. The first kappa shape index (κ1) is 22.8. The van der Waals surface area contributed by atoms with Crippen LogP contribution in [0.3, 0.4) is 0 Å². The summed E-state index contributed by atoms with van der Waals surface area (Å²) in [5.41, 5.74) is 5.66. The number of benzene rings is 1. The molecule has 5 heterocycles. The van der Waals surface area contributed by atoms with Gasteiger partial charge in [0.15, 0.2) is 0 Å². The van der Waals surface area contributed by atoms with Crippen molar-refractivity contribution >= 4 is 23.1 Å². The third-order valence-corrected chi connectivity index (χ3v) is 6.96. The van der Waals surface area contributed by atoms with E-state index < -0.39 is 0 Å². The molecular formula is C26H31N7O3. The predicted octanol–water partition coefficient (Wildman–Crippen LogP) is 2.87. The monoisotopic (exact) mass is 489 g/mol. The summed E-state index contributed by atoms with van der Waals surface area (Å²) in [5, 5.41) is 27.8. The Morgan fingerprint density at radius 2 is 2.00 bits per heavy atom. The number of likely N-dealkylation sites (tertiary alicyclic amines) is 1. The summed E-state index contributed by atoms with van der Waals surface area (Å²) in [4.78, 5) is 2.27. The van der Waals surface area contributed by atoms with Crippen molar-refractivity contribution in [2.24, 2.45) is 7.05 Å². The first-order valence-corrected chi connectivity index (χ1v) is 12.5. The molecule has 36 heavy (non-hydrogen) atoms. The Bertz CT molecular complexity index is 1420. The van der Waals surface area contributed by atoms with Crippen LogP contribution in [0.4, 0.5) is 0 Å². The van der Waals surface area contributed by atoms with Crippen LogP contribution in [-0.2, 0) is 13.6 Å². The Morgan fingerprint density at radius 1 is 1.14 bits per heavy atom. The Morgan fingerprint density at radius 3 is 2.83 bits per heavy atom. The molecule has 1 atom stereocenters. The van der Waals surface area contributed by atoms with Gasteiger partial charge in [-0.1, -0.05) is 6.07 Å². The van der Waals surface area contributed by atoms with E-state index in [-0.39, 0.29) is 6.10 Å². The Balaban J connectivity index is 1.36. The number of aryl methyl sites for hydroxylation is 2. The predicted molar refractivity (Wildman–Crippen MR) is 137 cm³/mol. The highest BCUT2D eigenvalue weighted by Gasteiger charge is 2.22. The van der Waals surface area contributed by atoms with Crippen molar-refractivity contribution in [1.29, 1.82) is 0 Å². The number of ether oxygens (including phenoxy) is 2. The highest BCUT2D eigenvalue weighted by Crippen LogP contribution is 2.33. The molecule has 2 aliphatic heterocycles. The molecule has 6 rings (SSSR count). The van der Waals surface area contributed by atoms with Crippen molar-refractivity contribution in [3.63, 3.8) is 0 Å². The van der Waals surface area contributed by atoms with Gasteiger partial charge >= 0.3 is 0 Å². The third-order valence-electron chi connectivity index (χ3n) is 6.96. The minimum atomic E-state index is -0.231. The van der Waals surface area contributed by atoms with E-state index in [1.807, 2.05) is 43.1 Å². The molecule has 0 radical (unpaired) electrons. The van der Waals surface area contributed by atoms with E-state index in [1.165, 1.54) is 0 Å². The lowest BCUT2D eigenvalue weighted by atomic mass is 10.1. The topological polar surface area (TPSA) is 106 Å². The molecule has 2 N–H and O–H groups in total. The molecule has 1 fully saturated rings. The number of aromatic amines is 1. The number of nitrogens with zero attached hydrogens (tertiary/aromatic N) is 6. The minimum absolute atomic E-state index is 0.231. The molecule has 2 aliphatic rings. The number of fused-ring (bicyclic) bond motifs is 4. The summed E-state index contributed by atoms with van der Waals surface area (Å²) in [6, 6.07) is 6.19. The van der Waals surface area contributed by atoms with Gasteiger partial charge in [0.2, 0.25) is 11.8 Å². The number of aliphatic hydroxyl groups is 1. The Hall–Kier alpha value is -3.63. The van der Waals surface area contributed by atoms with Gasteiger partial charge in [-0.15, -0.1) is 0 Å². The van der Waals surface area contributed by atoms with E-state index in [4.69, 9.17) is 14.6 Å². The van der Waals surface area contributed by atoms with Gasteiger partial charge in [0, 0.05) is 38.5 Å². The largest absolute Gasteiger partial charge is 0.477 e. The molecule has 188 valence electrons. The van der Waals surface area contributed by atoms with Crippen molar-refractivity contribution in [3.05, 3.63) is 41.3 Å². The third kappa shape index (κ3) is 4.27. The number of hydrogen-bond donors (Lipinski definition) is 2. The normalized spacial score (nSPS) is 19.4. The fourth-order valence-electron chi connectivity index (χ4n) is 5.00. The van der Waals surface area contributed by atoms with E-state index in [1.54, 1.807) is 4.68 Å². The van der Waals surface area contributed by atoms with Crippen molar-refractivity contribution in [2.45, 2.75) is 32.4 Å². The molecule has 0 aliphatic carbocycles. The van der Waals surface area contributed by atoms with Gasteiger partial charge in [0.1, 0.15) is 0 Å². The van der Waals surface area contributed by atoms with E-state index in [0.717, 1.165) is 76.7 Å². The molecule has 3 aromatic heterocycles. The second-order valence-corrected chi connectivity index (χ2v) is 9.51. The van der Waals surface area contributed by atoms with Crippen LogP contribution in [0, 0.1) is 6.92 Å². The molecule has 1 aromatic carbocycles. The fraction of sp³-hybridized carbons (Fsp3) is 0.423. The number of aromatic nitrogens is 6. The summed E-state index contributed by atoms with van der Waals surface area (Å²) in [5.74, 6) is 1.49. The first-order chi connectivity index (χ1) is 17.6. The molecule has 10 nitrogen and oxygen atoms in total. The van der Waals surface area contributed by atoms with Gasteiger partial charge < -0.3 is 14.6 Å². The summed E-state index contributed by atoms with van der Waals surface area (Å²) < 4.78 is 16.2. The van der Waals surface area contributed by atoms with Crippen LogP contribution >= 0.6 is 0 Å². The van der Waals surface area contributed by atoms with Gasteiger partial charge in [-0.25, -0.2) is 9.36 Å². The number of H-pyrrole nitrogens is 1. The second kappa shape index (κ2) is 9.44. The van der Waals surface area contributed by atoms with Gasteiger partial charge in [0.25, 0.3) is 0 Å². The lowest BCUT2D eigenvalue weighted by Crippen LogP contribution is -2.26. The second-order valence-electron chi connectivity index (χ2n) is 9.51. The minimum Gasteiger partial charge on any atom is -0.477 e. The van der Waals surface area contributed by atoms with Crippen molar-refractivity contribution < 1.29 is 14.6 Å². The molecule has 0 unspecified atom stereocenters. The van der Waals surface area contributed by atoms with E-state index >= 15 is 0 Å². The van der Waals surface area contributed by atoms with E-state index in [2.05, 4.69) is 32.3 Å². The average molecular weight is 490 g/mol. The van der Waals surface area contributed by atoms with Crippen molar-refractivity contribution in [3.8, 4) is 22.9 Å². The number of hydrogen-bond acceptors (Lipinski definition) is 7. The maximum absolute atomic E-state index is 9.87. The van der Waals surface area contributed by atoms with E-state index in [9.17, 15) is 5.11 Å². The van der Waals surface area contributed by atoms with Gasteiger partial charge in [-0.3, -0.25) is 10.00 Å².